The first-order valence-electron chi connectivity index (χ1n) is 6.13. The Balaban J connectivity index is 2.12. The van der Waals surface area contributed by atoms with E-state index in [-0.39, 0.29) is 0 Å². The first-order valence-corrected chi connectivity index (χ1v) is 7.79. The van der Waals surface area contributed by atoms with Gasteiger partial charge in [-0.05, 0) is 36.5 Å². The first-order chi connectivity index (χ1) is 8.12. The molecule has 2 rings (SSSR count). The van der Waals surface area contributed by atoms with E-state index >= 15 is 0 Å². The Bertz CT molecular complexity index is 459. The van der Waals surface area contributed by atoms with Crippen LogP contribution in [0.15, 0.2) is 29.2 Å². The van der Waals surface area contributed by atoms with Crippen LogP contribution in [-0.4, -0.2) is 14.2 Å². The summed E-state index contributed by atoms with van der Waals surface area (Å²) in [5.74, 6) is 0.656. The lowest BCUT2D eigenvalue weighted by atomic mass is 10.1. The second kappa shape index (κ2) is 5.19. The van der Waals surface area contributed by atoms with E-state index in [1.807, 2.05) is 0 Å². The zero-order valence-corrected chi connectivity index (χ0v) is 10.7. The van der Waals surface area contributed by atoms with Crippen molar-refractivity contribution in [1.82, 2.24) is 0 Å². The summed E-state index contributed by atoms with van der Waals surface area (Å²) in [6.07, 6.45) is 4.46. The fourth-order valence-corrected chi connectivity index (χ4v) is 4.11. The lowest BCUT2D eigenvalue weighted by Gasteiger charge is -2.10. The van der Waals surface area contributed by atoms with Gasteiger partial charge >= 0.3 is 0 Å². The maximum atomic E-state index is 12.2. The van der Waals surface area contributed by atoms with Gasteiger partial charge in [0.05, 0.1) is 10.6 Å². The molecule has 0 aliphatic heterocycles. The summed E-state index contributed by atoms with van der Waals surface area (Å²) in [4.78, 5) is 0.432. The lowest BCUT2D eigenvalue weighted by Crippen LogP contribution is -2.14. The quantitative estimate of drug-likeness (QED) is 0.894. The normalized spacial score (nSPS) is 17.5. The predicted octanol–water partition coefficient (Wildman–Crippen LogP) is 2.11. The minimum atomic E-state index is -3.11. The van der Waals surface area contributed by atoms with Crippen LogP contribution in [0.2, 0.25) is 0 Å². The molecule has 1 aromatic carbocycles. The van der Waals surface area contributed by atoms with Crippen molar-refractivity contribution >= 4 is 9.84 Å². The number of benzene rings is 1. The van der Waals surface area contributed by atoms with Crippen molar-refractivity contribution in [2.45, 2.75) is 37.1 Å². The highest BCUT2D eigenvalue weighted by Gasteiger charge is 2.23. The van der Waals surface area contributed by atoms with E-state index in [9.17, 15) is 8.42 Å². The molecule has 0 saturated heterocycles. The van der Waals surface area contributed by atoms with E-state index in [1.165, 1.54) is 12.8 Å². The Hall–Kier alpha value is -0.870. The summed E-state index contributed by atoms with van der Waals surface area (Å²) in [5, 5.41) is 0. The molecular formula is C13H19NO2S. The zero-order valence-electron chi connectivity index (χ0n) is 9.93. The smallest absolute Gasteiger partial charge is 0.178 e. The Kier molecular flexibility index (Phi) is 3.84. The molecule has 94 valence electrons. The van der Waals surface area contributed by atoms with E-state index in [1.54, 1.807) is 24.3 Å². The van der Waals surface area contributed by atoms with Crippen LogP contribution in [0, 0.1) is 5.92 Å². The molecule has 0 atom stereocenters. The van der Waals surface area contributed by atoms with Crippen molar-refractivity contribution in [3.63, 3.8) is 0 Å². The van der Waals surface area contributed by atoms with Crippen LogP contribution in [0.4, 0.5) is 0 Å². The molecule has 1 aliphatic rings. The van der Waals surface area contributed by atoms with E-state index in [4.69, 9.17) is 5.73 Å². The fraction of sp³-hybridized carbons (Fsp3) is 0.538. The molecule has 1 aromatic rings. The number of sulfone groups is 1. The molecule has 1 saturated carbocycles. The molecule has 1 fully saturated rings. The average molecular weight is 253 g/mol. The van der Waals surface area contributed by atoms with Crippen molar-refractivity contribution in [2.75, 3.05) is 5.75 Å². The first kappa shape index (κ1) is 12.6. The van der Waals surface area contributed by atoms with Gasteiger partial charge in [-0.25, -0.2) is 8.42 Å². The second-order valence-electron chi connectivity index (χ2n) is 4.78. The van der Waals surface area contributed by atoms with Crippen LogP contribution in [0.25, 0.3) is 0 Å². The molecule has 4 heteroatoms. The average Bonchev–Trinajstić information content (AvgIpc) is 2.81. The maximum Gasteiger partial charge on any atom is 0.178 e. The van der Waals surface area contributed by atoms with Crippen molar-refractivity contribution < 1.29 is 8.42 Å². The number of hydrogen-bond acceptors (Lipinski definition) is 3. The third-order valence-corrected chi connectivity index (χ3v) is 5.35. The van der Waals surface area contributed by atoms with Crippen LogP contribution in [0.3, 0.4) is 0 Å². The predicted molar refractivity (Wildman–Crippen MR) is 68.3 cm³/mol. The summed E-state index contributed by atoms with van der Waals surface area (Å²) < 4.78 is 24.3. The SMILES string of the molecule is NCc1ccc(S(=O)(=O)CC2CCCC2)cc1. The minimum absolute atomic E-state index is 0.301. The second-order valence-corrected chi connectivity index (χ2v) is 6.81. The molecule has 0 aromatic heterocycles. The van der Waals surface area contributed by atoms with Crippen LogP contribution >= 0.6 is 0 Å². The van der Waals surface area contributed by atoms with Gasteiger partial charge in [-0.1, -0.05) is 25.0 Å². The van der Waals surface area contributed by atoms with Gasteiger partial charge in [-0.15, -0.1) is 0 Å². The van der Waals surface area contributed by atoms with Crippen molar-refractivity contribution in [2.24, 2.45) is 11.7 Å². The van der Waals surface area contributed by atoms with Crippen LogP contribution in [0.5, 0.6) is 0 Å². The zero-order chi connectivity index (χ0) is 12.3. The summed E-state index contributed by atoms with van der Waals surface area (Å²) in [7, 11) is -3.11. The molecular weight excluding hydrogens is 234 g/mol. The molecule has 3 nitrogen and oxygen atoms in total. The van der Waals surface area contributed by atoms with Gasteiger partial charge < -0.3 is 5.73 Å². The third kappa shape index (κ3) is 3.07. The highest BCUT2D eigenvalue weighted by Crippen LogP contribution is 2.28. The highest BCUT2D eigenvalue weighted by atomic mass is 32.2. The number of hydrogen-bond donors (Lipinski definition) is 1. The summed E-state index contributed by atoms with van der Waals surface area (Å²) in [6.45, 7) is 0.447. The van der Waals surface area contributed by atoms with Gasteiger partial charge in [0.15, 0.2) is 9.84 Å². The molecule has 0 radical (unpaired) electrons. The fourth-order valence-electron chi connectivity index (χ4n) is 2.42. The van der Waals surface area contributed by atoms with Gasteiger partial charge in [0.25, 0.3) is 0 Å². The largest absolute Gasteiger partial charge is 0.326 e. The summed E-state index contributed by atoms with van der Waals surface area (Å²) >= 11 is 0. The van der Waals surface area contributed by atoms with Crippen LogP contribution in [0.1, 0.15) is 31.2 Å². The van der Waals surface area contributed by atoms with E-state index in [2.05, 4.69) is 0 Å². The monoisotopic (exact) mass is 253 g/mol. The van der Waals surface area contributed by atoms with E-state index in [0.29, 0.717) is 23.1 Å². The van der Waals surface area contributed by atoms with E-state index in [0.717, 1.165) is 18.4 Å². The van der Waals surface area contributed by atoms with Crippen molar-refractivity contribution in [3.05, 3.63) is 29.8 Å². The number of rotatable bonds is 4. The summed E-state index contributed by atoms with van der Waals surface area (Å²) in [6, 6.07) is 6.93. The van der Waals surface area contributed by atoms with E-state index < -0.39 is 9.84 Å². The van der Waals surface area contributed by atoms with Crippen LogP contribution in [-0.2, 0) is 16.4 Å². The maximum absolute atomic E-state index is 12.2. The topological polar surface area (TPSA) is 60.2 Å². The molecule has 2 N–H and O–H groups in total. The summed E-state index contributed by atoms with van der Waals surface area (Å²) in [5.41, 5.74) is 6.45. The van der Waals surface area contributed by atoms with Gasteiger partial charge in [0.2, 0.25) is 0 Å². The Morgan fingerprint density at radius 1 is 1.12 bits per heavy atom. The van der Waals surface area contributed by atoms with Gasteiger partial charge in [-0.3, -0.25) is 0 Å². The minimum Gasteiger partial charge on any atom is -0.326 e. The molecule has 0 unspecified atom stereocenters. The molecule has 0 amide bonds. The molecule has 1 aliphatic carbocycles. The molecule has 0 bridgehead atoms. The van der Waals surface area contributed by atoms with Crippen LogP contribution < -0.4 is 5.73 Å². The highest BCUT2D eigenvalue weighted by molar-refractivity contribution is 7.91. The number of nitrogens with two attached hydrogens (primary N) is 1. The van der Waals surface area contributed by atoms with Crippen molar-refractivity contribution in [1.29, 1.82) is 0 Å². The lowest BCUT2D eigenvalue weighted by molar-refractivity contribution is 0.559. The molecule has 0 spiro atoms. The van der Waals surface area contributed by atoms with Gasteiger partial charge in [0.1, 0.15) is 0 Å². The Morgan fingerprint density at radius 2 is 1.71 bits per heavy atom. The van der Waals surface area contributed by atoms with Gasteiger partial charge in [-0.2, -0.15) is 0 Å². The Morgan fingerprint density at radius 3 is 2.24 bits per heavy atom. The standard InChI is InChI=1S/C13H19NO2S/c14-9-11-5-7-13(8-6-11)17(15,16)10-12-3-1-2-4-12/h5-8,12H,1-4,9-10,14H2. The van der Waals surface area contributed by atoms with Gasteiger partial charge in [0, 0.05) is 6.54 Å². The van der Waals surface area contributed by atoms with Crippen molar-refractivity contribution in [3.8, 4) is 0 Å². The third-order valence-electron chi connectivity index (χ3n) is 3.45. The Labute approximate surface area is 103 Å². The molecule has 17 heavy (non-hydrogen) atoms. The molecule has 0 heterocycles.